The molecule has 0 aliphatic heterocycles. The van der Waals surface area contributed by atoms with Crippen molar-refractivity contribution in [1.82, 2.24) is 0 Å². The molecule has 0 amide bonds. The maximum Gasteiger partial charge on any atom is 0.124 e. The van der Waals surface area contributed by atoms with Crippen LogP contribution < -0.4 is 4.74 Å². The van der Waals surface area contributed by atoms with Crippen molar-refractivity contribution in [2.75, 3.05) is 0 Å². The van der Waals surface area contributed by atoms with Crippen molar-refractivity contribution in [1.29, 1.82) is 0 Å². The fraction of sp³-hybridized carbons (Fsp3) is 0.300. The summed E-state index contributed by atoms with van der Waals surface area (Å²) in [4.78, 5) is 0. The van der Waals surface area contributed by atoms with Gasteiger partial charge in [0.1, 0.15) is 11.9 Å². The highest BCUT2D eigenvalue weighted by atomic mass is 16.5. The number of ether oxygens (including phenoxy) is 1. The van der Waals surface area contributed by atoms with E-state index in [2.05, 4.69) is 6.92 Å². The Kier molecular flexibility index (Phi) is 3.11. The lowest BCUT2D eigenvalue weighted by Crippen LogP contribution is -2.25. The molecule has 0 aliphatic carbocycles. The molecule has 0 saturated carbocycles. The molecule has 2 heteroatoms. The minimum Gasteiger partial charge on any atom is -0.488 e. The van der Waals surface area contributed by atoms with Gasteiger partial charge in [0, 0.05) is 0 Å². The largest absolute Gasteiger partial charge is 0.488 e. The molecule has 0 fully saturated rings. The maximum absolute atomic E-state index is 9.09. The lowest BCUT2D eigenvalue weighted by Gasteiger charge is -2.16. The van der Waals surface area contributed by atoms with Crippen molar-refractivity contribution in [3.05, 3.63) is 37.3 Å². The van der Waals surface area contributed by atoms with Crippen molar-refractivity contribution >= 4 is 0 Å². The van der Waals surface area contributed by atoms with E-state index in [-0.39, 0.29) is 0 Å². The zero-order valence-electron chi connectivity index (χ0n) is 7.10. The summed E-state index contributed by atoms with van der Waals surface area (Å²) in [7, 11) is 0. The lowest BCUT2D eigenvalue weighted by molar-refractivity contribution is 0.0759. The van der Waals surface area contributed by atoms with Gasteiger partial charge in [-0.25, -0.2) is 0 Å². The van der Waals surface area contributed by atoms with E-state index in [1.54, 1.807) is 6.92 Å². The van der Waals surface area contributed by atoms with E-state index in [4.69, 9.17) is 9.84 Å². The highest BCUT2D eigenvalue weighted by molar-refractivity contribution is 5.21. The van der Waals surface area contributed by atoms with Crippen LogP contribution in [-0.4, -0.2) is 17.3 Å². The van der Waals surface area contributed by atoms with Gasteiger partial charge < -0.3 is 9.84 Å². The molecular weight excluding hydrogens is 152 g/mol. The Morgan fingerprint density at radius 3 is 2.42 bits per heavy atom. The highest BCUT2D eigenvalue weighted by Crippen LogP contribution is 2.11. The summed E-state index contributed by atoms with van der Waals surface area (Å²) in [6.45, 7) is 5.31. The molecule has 2 atom stereocenters. The summed E-state index contributed by atoms with van der Waals surface area (Å²) in [5.74, 6) is 0.735. The van der Waals surface area contributed by atoms with Gasteiger partial charge in [-0.15, -0.1) is 0 Å². The summed E-state index contributed by atoms with van der Waals surface area (Å²) >= 11 is 0. The van der Waals surface area contributed by atoms with Gasteiger partial charge in [-0.05, 0) is 26.0 Å². The number of aliphatic hydroxyl groups excluding tert-OH is 1. The van der Waals surface area contributed by atoms with Crippen LogP contribution in [0.1, 0.15) is 6.92 Å². The molecule has 0 saturated heterocycles. The first-order valence-corrected chi connectivity index (χ1v) is 3.93. The summed E-state index contributed by atoms with van der Waals surface area (Å²) in [5, 5.41) is 9.09. The molecule has 0 heterocycles. The van der Waals surface area contributed by atoms with E-state index in [0.717, 1.165) is 5.75 Å². The summed E-state index contributed by atoms with van der Waals surface area (Å²) in [5.41, 5.74) is 0. The fourth-order valence-electron chi connectivity index (χ4n) is 0.772. The predicted molar refractivity (Wildman–Crippen MR) is 47.9 cm³/mol. The van der Waals surface area contributed by atoms with Crippen molar-refractivity contribution in [2.45, 2.75) is 19.1 Å². The van der Waals surface area contributed by atoms with Crippen molar-refractivity contribution < 1.29 is 9.84 Å². The van der Waals surface area contributed by atoms with Crippen LogP contribution in [0.2, 0.25) is 0 Å². The Morgan fingerprint density at radius 1 is 1.33 bits per heavy atom. The van der Waals surface area contributed by atoms with Gasteiger partial charge in [-0.2, -0.15) is 0 Å². The van der Waals surface area contributed by atoms with Gasteiger partial charge in [0.15, 0.2) is 0 Å². The Morgan fingerprint density at radius 2 is 1.92 bits per heavy atom. The standard InChI is InChI=1S/C10H13O2/c1-8(11)9(2)12-10-6-4-3-5-7-10/h3-9,11H,2H2,1H3. The van der Waals surface area contributed by atoms with Crippen LogP contribution in [0.3, 0.4) is 0 Å². The topological polar surface area (TPSA) is 29.5 Å². The second-order valence-electron chi connectivity index (χ2n) is 2.71. The van der Waals surface area contributed by atoms with Gasteiger partial charge in [0.05, 0.1) is 6.10 Å². The van der Waals surface area contributed by atoms with E-state index < -0.39 is 12.2 Å². The monoisotopic (exact) mass is 165 g/mol. The van der Waals surface area contributed by atoms with Crippen LogP contribution in [0.5, 0.6) is 5.75 Å². The third kappa shape index (κ3) is 2.55. The average molecular weight is 165 g/mol. The van der Waals surface area contributed by atoms with Gasteiger partial charge in [-0.1, -0.05) is 18.2 Å². The van der Waals surface area contributed by atoms with Crippen LogP contribution in [0.25, 0.3) is 0 Å². The van der Waals surface area contributed by atoms with Crippen LogP contribution in [0, 0.1) is 6.92 Å². The molecule has 0 aromatic heterocycles. The molecule has 0 spiro atoms. The molecule has 2 nitrogen and oxygen atoms in total. The average Bonchev–Trinajstić information content (AvgIpc) is 2.06. The first-order valence-electron chi connectivity index (χ1n) is 3.93. The maximum atomic E-state index is 9.09. The van der Waals surface area contributed by atoms with Crippen molar-refractivity contribution in [3.8, 4) is 5.75 Å². The number of hydrogen-bond acceptors (Lipinski definition) is 2. The molecule has 2 unspecified atom stereocenters. The SMILES string of the molecule is [CH2]C(Oc1ccccc1)C(C)O. The molecule has 1 aromatic rings. The first-order chi connectivity index (χ1) is 5.70. The highest BCUT2D eigenvalue weighted by Gasteiger charge is 2.09. The summed E-state index contributed by atoms with van der Waals surface area (Å²) < 4.78 is 5.31. The minimum absolute atomic E-state index is 0.410. The van der Waals surface area contributed by atoms with E-state index in [1.807, 2.05) is 30.3 Å². The van der Waals surface area contributed by atoms with E-state index in [0.29, 0.717) is 0 Å². The van der Waals surface area contributed by atoms with Crippen LogP contribution in [-0.2, 0) is 0 Å². The number of aliphatic hydroxyl groups is 1. The van der Waals surface area contributed by atoms with Gasteiger partial charge in [0.2, 0.25) is 0 Å². The van der Waals surface area contributed by atoms with Crippen molar-refractivity contribution in [3.63, 3.8) is 0 Å². The van der Waals surface area contributed by atoms with Crippen molar-refractivity contribution in [2.24, 2.45) is 0 Å². The predicted octanol–water partition coefficient (Wildman–Crippen LogP) is 1.65. The van der Waals surface area contributed by atoms with E-state index in [9.17, 15) is 0 Å². The Labute approximate surface area is 72.8 Å². The molecule has 1 aromatic carbocycles. The fourth-order valence-corrected chi connectivity index (χ4v) is 0.772. The number of para-hydroxylation sites is 1. The molecule has 1 N–H and O–H groups in total. The third-order valence-electron chi connectivity index (χ3n) is 1.57. The number of hydrogen-bond donors (Lipinski definition) is 1. The molecule has 1 rings (SSSR count). The van der Waals surface area contributed by atoms with E-state index >= 15 is 0 Å². The molecule has 65 valence electrons. The zero-order chi connectivity index (χ0) is 8.97. The summed E-state index contributed by atoms with van der Waals surface area (Å²) in [6, 6.07) is 9.34. The van der Waals surface area contributed by atoms with Gasteiger partial charge in [-0.3, -0.25) is 0 Å². The number of rotatable bonds is 3. The van der Waals surface area contributed by atoms with Gasteiger partial charge in [0.25, 0.3) is 0 Å². The normalized spacial score (nSPS) is 15.2. The zero-order valence-corrected chi connectivity index (χ0v) is 7.10. The lowest BCUT2D eigenvalue weighted by atomic mass is 10.2. The smallest absolute Gasteiger partial charge is 0.124 e. The second kappa shape index (κ2) is 4.12. The number of benzene rings is 1. The minimum atomic E-state index is -0.551. The molecule has 1 radical (unpaired) electrons. The quantitative estimate of drug-likeness (QED) is 0.738. The Bertz CT molecular complexity index is 219. The van der Waals surface area contributed by atoms with E-state index in [1.165, 1.54) is 0 Å². The molecule has 12 heavy (non-hydrogen) atoms. The molecular formula is C10H13O2. The second-order valence-corrected chi connectivity index (χ2v) is 2.71. The van der Waals surface area contributed by atoms with Gasteiger partial charge >= 0.3 is 0 Å². The Balaban J connectivity index is 2.53. The summed E-state index contributed by atoms with van der Waals surface area (Å²) in [6.07, 6.45) is -0.961. The Hall–Kier alpha value is -1.02. The van der Waals surface area contributed by atoms with Crippen LogP contribution in [0.4, 0.5) is 0 Å². The van der Waals surface area contributed by atoms with Crippen LogP contribution in [0.15, 0.2) is 30.3 Å². The molecule has 0 aliphatic rings. The first kappa shape index (κ1) is 9.07. The third-order valence-corrected chi connectivity index (χ3v) is 1.57. The molecule has 0 bridgehead atoms. The van der Waals surface area contributed by atoms with Crippen LogP contribution >= 0.6 is 0 Å².